The summed E-state index contributed by atoms with van der Waals surface area (Å²) in [6.07, 6.45) is 1.06. The summed E-state index contributed by atoms with van der Waals surface area (Å²) in [6.45, 7) is -0.242. The van der Waals surface area contributed by atoms with Gasteiger partial charge in [0.1, 0.15) is 11.4 Å². The first kappa shape index (κ1) is 19.7. The summed E-state index contributed by atoms with van der Waals surface area (Å²) >= 11 is 0. The van der Waals surface area contributed by atoms with Gasteiger partial charge in [-0.15, -0.1) is 0 Å². The van der Waals surface area contributed by atoms with Crippen molar-refractivity contribution in [2.45, 2.75) is 4.90 Å². The van der Waals surface area contributed by atoms with E-state index in [1.807, 2.05) is 0 Å². The van der Waals surface area contributed by atoms with Gasteiger partial charge in [-0.2, -0.15) is 0 Å². The zero-order valence-electron chi connectivity index (χ0n) is 14.6. The maximum Gasteiger partial charge on any atom is 0.337 e. The Morgan fingerprint density at radius 1 is 1.35 bits per heavy atom. The highest BCUT2D eigenvalue weighted by molar-refractivity contribution is 7.90. The van der Waals surface area contributed by atoms with E-state index in [0.29, 0.717) is 5.75 Å². The van der Waals surface area contributed by atoms with Crippen molar-refractivity contribution in [1.29, 1.82) is 0 Å². The van der Waals surface area contributed by atoms with Crippen LogP contribution in [0, 0.1) is 0 Å². The molecule has 0 atom stereocenters. The van der Waals surface area contributed by atoms with Gasteiger partial charge < -0.3 is 24.8 Å². The first-order valence-corrected chi connectivity index (χ1v) is 9.48. The Morgan fingerprint density at radius 3 is 2.58 bits per heavy atom. The van der Waals surface area contributed by atoms with Gasteiger partial charge in [-0.25, -0.2) is 13.2 Å². The third kappa shape index (κ3) is 3.97. The van der Waals surface area contributed by atoms with Crippen LogP contribution in [-0.2, 0) is 24.2 Å². The van der Waals surface area contributed by atoms with Crippen LogP contribution >= 0.6 is 0 Å². The van der Waals surface area contributed by atoms with E-state index in [9.17, 15) is 18.0 Å². The summed E-state index contributed by atoms with van der Waals surface area (Å²) in [5.41, 5.74) is 0.248. The number of carbonyl (C=O) groups excluding carboxylic acids is 2. The third-order valence-corrected chi connectivity index (χ3v) is 4.92. The van der Waals surface area contributed by atoms with Crippen LogP contribution in [0.15, 0.2) is 34.4 Å². The van der Waals surface area contributed by atoms with Gasteiger partial charge in [-0.3, -0.25) is 4.79 Å². The number of ether oxygens (including phenoxy) is 2. The molecule has 26 heavy (non-hydrogen) atoms. The Bertz CT molecular complexity index is 861. The van der Waals surface area contributed by atoms with Crippen molar-refractivity contribution in [3.63, 3.8) is 0 Å². The third-order valence-electron chi connectivity index (χ3n) is 3.81. The summed E-state index contributed by atoms with van der Waals surface area (Å²) in [4.78, 5) is 25.8. The predicted molar refractivity (Wildman–Crippen MR) is 92.4 cm³/mol. The van der Waals surface area contributed by atoms with Crippen LogP contribution < -0.4 is 10.1 Å². The largest absolute Gasteiger partial charge is 0.495 e. The predicted octanol–water partition coefficient (Wildman–Crippen LogP) is -0.228. The number of benzene rings is 1. The Morgan fingerprint density at radius 2 is 2.04 bits per heavy atom. The average Bonchev–Trinajstić information content (AvgIpc) is 2.90. The first-order valence-electron chi connectivity index (χ1n) is 7.59. The van der Waals surface area contributed by atoms with Gasteiger partial charge in [0.2, 0.25) is 0 Å². The standard InChI is InChI=1S/C16H20N2O7S/c1-24-13-5-4-10(26(3,22)23)8-12(13)17-14-11(16(21)25-2)9-18(6-7-19)15(14)20/h4-5,8,17,19H,6-7,9H2,1-3H3. The molecular weight excluding hydrogens is 364 g/mol. The Balaban J connectivity index is 2.49. The molecule has 0 aliphatic carbocycles. The van der Waals surface area contributed by atoms with Crippen LogP contribution in [0.3, 0.4) is 0 Å². The summed E-state index contributed by atoms with van der Waals surface area (Å²) in [7, 11) is -0.898. The molecule has 0 radical (unpaired) electrons. The number of aliphatic hydroxyl groups excluding tert-OH is 1. The highest BCUT2D eigenvalue weighted by atomic mass is 32.2. The normalized spacial score (nSPS) is 14.6. The lowest BCUT2D eigenvalue weighted by molar-refractivity contribution is -0.136. The van der Waals surface area contributed by atoms with Gasteiger partial charge in [-0.1, -0.05) is 0 Å². The molecule has 1 aliphatic heterocycles. The van der Waals surface area contributed by atoms with Crippen molar-refractivity contribution in [1.82, 2.24) is 4.90 Å². The number of β-amino-alcohol motifs (C(OH)–C–C–N with tert-alkyl or cyclic N) is 1. The quantitative estimate of drug-likeness (QED) is 0.618. The molecule has 0 bridgehead atoms. The fourth-order valence-corrected chi connectivity index (χ4v) is 3.15. The number of amides is 1. The molecule has 0 unspecified atom stereocenters. The van der Waals surface area contributed by atoms with Crippen molar-refractivity contribution >= 4 is 27.4 Å². The Hall–Kier alpha value is -2.59. The number of aliphatic hydroxyl groups is 1. The van der Waals surface area contributed by atoms with Crippen molar-refractivity contribution in [2.75, 3.05) is 45.5 Å². The number of sulfone groups is 1. The lowest BCUT2D eigenvalue weighted by Gasteiger charge is -2.16. The SMILES string of the molecule is COC(=O)C1=C(Nc2cc(S(C)(=O)=O)ccc2OC)C(=O)N(CCO)C1. The molecule has 1 aliphatic rings. The maximum atomic E-state index is 12.5. The number of hydrogen-bond acceptors (Lipinski definition) is 8. The van der Waals surface area contributed by atoms with Gasteiger partial charge in [0.15, 0.2) is 9.84 Å². The Labute approximate surface area is 151 Å². The second-order valence-corrected chi connectivity index (χ2v) is 7.57. The van der Waals surface area contributed by atoms with E-state index < -0.39 is 21.7 Å². The molecule has 9 nitrogen and oxygen atoms in total. The fraction of sp³-hybridized carbons (Fsp3) is 0.375. The van der Waals surface area contributed by atoms with E-state index in [1.54, 1.807) is 0 Å². The van der Waals surface area contributed by atoms with Crippen molar-refractivity contribution in [3.8, 4) is 5.75 Å². The van der Waals surface area contributed by atoms with Gasteiger partial charge in [0.25, 0.3) is 5.91 Å². The second-order valence-electron chi connectivity index (χ2n) is 5.55. The lowest BCUT2D eigenvalue weighted by atomic mass is 10.2. The smallest absolute Gasteiger partial charge is 0.337 e. The number of methoxy groups -OCH3 is 2. The molecule has 0 saturated heterocycles. The molecule has 2 rings (SSSR count). The maximum absolute atomic E-state index is 12.5. The molecule has 1 aromatic carbocycles. The summed E-state index contributed by atoms with van der Waals surface area (Å²) in [5, 5.41) is 11.9. The fourth-order valence-electron chi connectivity index (χ4n) is 2.50. The van der Waals surface area contributed by atoms with E-state index in [1.165, 1.54) is 37.3 Å². The summed E-state index contributed by atoms with van der Waals surface area (Å²) in [6, 6.07) is 4.14. The molecule has 10 heteroatoms. The molecule has 1 aromatic rings. The first-order chi connectivity index (χ1) is 12.2. The zero-order chi connectivity index (χ0) is 19.5. The average molecular weight is 384 g/mol. The van der Waals surface area contributed by atoms with Crippen LogP contribution in [0.1, 0.15) is 0 Å². The highest BCUT2D eigenvalue weighted by Gasteiger charge is 2.35. The summed E-state index contributed by atoms with van der Waals surface area (Å²) < 4.78 is 33.5. The van der Waals surface area contributed by atoms with Crippen LogP contribution in [0.25, 0.3) is 0 Å². The summed E-state index contributed by atoms with van der Waals surface area (Å²) in [5.74, 6) is -0.909. The number of hydrogen-bond donors (Lipinski definition) is 2. The van der Waals surface area contributed by atoms with Crippen molar-refractivity contribution in [3.05, 3.63) is 29.5 Å². The lowest BCUT2D eigenvalue weighted by Crippen LogP contribution is -2.31. The highest BCUT2D eigenvalue weighted by Crippen LogP contribution is 2.31. The van der Waals surface area contributed by atoms with Crippen LogP contribution in [0.5, 0.6) is 5.75 Å². The van der Waals surface area contributed by atoms with Crippen LogP contribution in [0.2, 0.25) is 0 Å². The number of anilines is 1. The molecule has 0 saturated carbocycles. The molecule has 0 aromatic heterocycles. The van der Waals surface area contributed by atoms with E-state index in [4.69, 9.17) is 14.6 Å². The van der Waals surface area contributed by atoms with Crippen molar-refractivity contribution in [2.24, 2.45) is 0 Å². The molecule has 0 fully saturated rings. The molecule has 1 amide bonds. The van der Waals surface area contributed by atoms with Crippen LogP contribution in [0.4, 0.5) is 5.69 Å². The van der Waals surface area contributed by atoms with Crippen molar-refractivity contribution < 1.29 is 32.6 Å². The van der Waals surface area contributed by atoms with Gasteiger partial charge >= 0.3 is 5.97 Å². The minimum absolute atomic E-state index is 0.0253. The van der Waals surface area contributed by atoms with Crippen LogP contribution in [-0.4, -0.2) is 70.5 Å². The van der Waals surface area contributed by atoms with Gasteiger partial charge in [0, 0.05) is 12.8 Å². The second kappa shape index (κ2) is 7.75. The monoisotopic (exact) mass is 384 g/mol. The van der Waals surface area contributed by atoms with E-state index in [0.717, 1.165) is 6.26 Å². The van der Waals surface area contributed by atoms with E-state index in [2.05, 4.69) is 5.32 Å². The molecular formula is C16H20N2O7S. The van der Waals surface area contributed by atoms with E-state index >= 15 is 0 Å². The number of rotatable bonds is 7. The molecule has 142 valence electrons. The van der Waals surface area contributed by atoms with Gasteiger partial charge in [-0.05, 0) is 18.2 Å². The topological polar surface area (TPSA) is 122 Å². The molecule has 2 N–H and O–H groups in total. The van der Waals surface area contributed by atoms with Gasteiger partial charge in [0.05, 0.1) is 43.5 Å². The molecule has 0 spiro atoms. The number of carbonyl (C=O) groups is 2. The minimum atomic E-state index is -3.48. The number of nitrogens with one attached hydrogen (secondary N) is 1. The minimum Gasteiger partial charge on any atom is -0.495 e. The molecule has 1 heterocycles. The Kier molecular flexibility index (Phi) is 5.88. The zero-order valence-corrected chi connectivity index (χ0v) is 15.4. The van der Waals surface area contributed by atoms with E-state index in [-0.39, 0.29) is 41.5 Å². The number of esters is 1. The number of nitrogens with zero attached hydrogens (tertiary/aromatic N) is 1.